The van der Waals surface area contributed by atoms with Crippen LogP contribution in [0.25, 0.3) is 0 Å². The van der Waals surface area contributed by atoms with E-state index >= 15 is 0 Å². The maximum absolute atomic E-state index is 12.0. The molecule has 2 unspecified atom stereocenters. The molecule has 2 bridgehead atoms. The average Bonchev–Trinajstić information content (AvgIpc) is 2.44. The molecular weight excluding hydrogens is 278 g/mol. The predicted octanol–water partition coefficient (Wildman–Crippen LogP) is 2.17. The van der Waals surface area contributed by atoms with Gasteiger partial charge in [-0.2, -0.15) is 0 Å². The van der Waals surface area contributed by atoms with Gasteiger partial charge in [0, 0.05) is 26.2 Å². The van der Waals surface area contributed by atoms with Crippen molar-refractivity contribution >= 4 is 6.09 Å². The Morgan fingerprint density at radius 1 is 1.36 bits per heavy atom. The van der Waals surface area contributed by atoms with Crippen LogP contribution in [0, 0.1) is 11.8 Å². The number of carbonyl (C=O) groups is 1. The molecule has 0 aromatic rings. The molecule has 3 saturated heterocycles. The average molecular weight is 311 g/mol. The molecule has 0 spiro atoms. The number of ether oxygens (including phenoxy) is 1. The first kappa shape index (κ1) is 17.5. The van der Waals surface area contributed by atoms with E-state index in [2.05, 4.69) is 17.1 Å². The van der Waals surface area contributed by atoms with Crippen molar-refractivity contribution in [1.29, 1.82) is 0 Å². The van der Waals surface area contributed by atoms with E-state index in [0.717, 1.165) is 19.0 Å². The van der Waals surface area contributed by atoms with Crippen LogP contribution in [0.2, 0.25) is 0 Å². The van der Waals surface area contributed by atoms with Crippen LogP contribution in [0.1, 0.15) is 40.5 Å². The molecular formula is C17H33N3O2. The van der Waals surface area contributed by atoms with Crippen molar-refractivity contribution in [3.05, 3.63) is 0 Å². The first-order valence-corrected chi connectivity index (χ1v) is 8.64. The smallest absolute Gasteiger partial charge is 0.410 e. The van der Waals surface area contributed by atoms with Crippen LogP contribution in [-0.2, 0) is 4.74 Å². The van der Waals surface area contributed by atoms with Gasteiger partial charge in [0.2, 0.25) is 0 Å². The zero-order chi connectivity index (χ0) is 16.3. The van der Waals surface area contributed by atoms with Crippen molar-refractivity contribution in [3.63, 3.8) is 0 Å². The molecule has 128 valence electrons. The third-order valence-corrected chi connectivity index (χ3v) is 4.68. The second-order valence-corrected chi connectivity index (χ2v) is 8.12. The minimum atomic E-state index is -0.428. The fourth-order valence-corrected chi connectivity index (χ4v) is 3.50. The van der Waals surface area contributed by atoms with Gasteiger partial charge in [0.25, 0.3) is 0 Å². The topological polar surface area (TPSA) is 44.8 Å². The summed E-state index contributed by atoms with van der Waals surface area (Å²) in [7, 11) is 1.82. The molecule has 0 aromatic carbocycles. The highest BCUT2D eigenvalue weighted by Gasteiger charge is 2.33. The number of nitrogens with one attached hydrogen (secondary N) is 1. The summed E-state index contributed by atoms with van der Waals surface area (Å²) in [4.78, 5) is 16.2. The van der Waals surface area contributed by atoms with Gasteiger partial charge in [-0.15, -0.1) is 0 Å². The SMILES string of the molecule is CC(CNC1CN2CCC1CC2)CN(C)C(=O)OC(C)(C)C. The van der Waals surface area contributed by atoms with Gasteiger partial charge in [0.1, 0.15) is 5.60 Å². The Balaban J connectivity index is 1.69. The minimum absolute atomic E-state index is 0.234. The Morgan fingerprint density at radius 2 is 2.00 bits per heavy atom. The van der Waals surface area contributed by atoms with Crippen LogP contribution in [0.3, 0.4) is 0 Å². The number of rotatable bonds is 5. The molecule has 3 aliphatic rings. The third kappa shape index (κ3) is 5.13. The second-order valence-electron chi connectivity index (χ2n) is 8.12. The number of amides is 1. The zero-order valence-corrected chi connectivity index (χ0v) is 14.9. The van der Waals surface area contributed by atoms with Crippen molar-refractivity contribution in [2.75, 3.05) is 39.8 Å². The standard InChI is InChI=1S/C17H33N3O2/c1-13(11-19(5)16(21)22-17(2,3)4)10-18-15-12-20-8-6-14(15)7-9-20/h13-15,18H,6-12H2,1-5H3. The molecule has 0 saturated carbocycles. The van der Waals surface area contributed by atoms with Crippen molar-refractivity contribution in [1.82, 2.24) is 15.1 Å². The van der Waals surface area contributed by atoms with E-state index in [0.29, 0.717) is 12.0 Å². The van der Waals surface area contributed by atoms with Gasteiger partial charge in [0.05, 0.1) is 0 Å². The lowest BCUT2D eigenvalue weighted by Crippen LogP contribution is -2.56. The monoisotopic (exact) mass is 311 g/mol. The highest BCUT2D eigenvalue weighted by molar-refractivity contribution is 5.67. The minimum Gasteiger partial charge on any atom is -0.444 e. The summed E-state index contributed by atoms with van der Waals surface area (Å²) >= 11 is 0. The van der Waals surface area contributed by atoms with E-state index in [4.69, 9.17) is 4.74 Å². The van der Waals surface area contributed by atoms with E-state index < -0.39 is 5.60 Å². The summed E-state index contributed by atoms with van der Waals surface area (Å²) < 4.78 is 5.40. The summed E-state index contributed by atoms with van der Waals surface area (Å²) in [5.41, 5.74) is -0.428. The lowest BCUT2D eigenvalue weighted by molar-refractivity contribution is 0.0271. The molecule has 3 rings (SSSR count). The van der Waals surface area contributed by atoms with Crippen LogP contribution in [0.4, 0.5) is 4.79 Å². The molecule has 3 aliphatic heterocycles. The first-order chi connectivity index (χ1) is 10.2. The van der Waals surface area contributed by atoms with Gasteiger partial charge < -0.3 is 19.9 Å². The van der Waals surface area contributed by atoms with Gasteiger partial charge >= 0.3 is 6.09 Å². The van der Waals surface area contributed by atoms with Gasteiger partial charge in [-0.05, 0) is 65.1 Å². The van der Waals surface area contributed by atoms with Gasteiger partial charge in [0.15, 0.2) is 0 Å². The fraction of sp³-hybridized carbons (Fsp3) is 0.941. The molecule has 3 heterocycles. The normalized spacial score (nSPS) is 29.2. The quantitative estimate of drug-likeness (QED) is 0.845. The van der Waals surface area contributed by atoms with Crippen molar-refractivity contribution in [2.24, 2.45) is 11.8 Å². The molecule has 1 amide bonds. The summed E-state index contributed by atoms with van der Waals surface area (Å²) in [6.45, 7) is 13.3. The molecule has 5 nitrogen and oxygen atoms in total. The summed E-state index contributed by atoms with van der Waals surface area (Å²) in [5.74, 6) is 1.27. The van der Waals surface area contributed by atoms with E-state index in [1.165, 1.54) is 32.5 Å². The predicted molar refractivity (Wildman–Crippen MR) is 89.0 cm³/mol. The Morgan fingerprint density at radius 3 is 2.50 bits per heavy atom. The van der Waals surface area contributed by atoms with Gasteiger partial charge in [-0.3, -0.25) is 0 Å². The molecule has 5 heteroatoms. The van der Waals surface area contributed by atoms with E-state index in [1.807, 2.05) is 27.8 Å². The van der Waals surface area contributed by atoms with Crippen LogP contribution < -0.4 is 5.32 Å². The molecule has 0 aromatic heterocycles. The molecule has 1 N–H and O–H groups in total. The summed E-state index contributed by atoms with van der Waals surface area (Å²) in [6, 6.07) is 0.636. The lowest BCUT2D eigenvalue weighted by atomic mass is 9.84. The highest BCUT2D eigenvalue weighted by atomic mass is 16.6. The maximum Gasteiger partial charge on any atom is 0.410 e. The van der Waals surface area contributed by atoms with Crippen molar-refractivity contribution < 1.29 is 9.53 Å². The van der Waals surface area contributed by atoms with Crippen molar-refractivity contribution in [2.45, 2.75) is 52.2 Å². The van der Waals surface area contributed by atoms with Crippen LogP contribution >= 0.6 is 0 Å². The highest BCUT2D eigenvalue weighted by Crippen LogP contribution is 2.27. The second kappa shape index (κ2) is 7.18. The van der Waals surface area contributed by atoms with Gasteiger partial charge in [-0.25, -0.2) is 4.79 Å². The van der Waals surface area contributed by atoms with E-state index in [-0.39, 0.29) is 6.09 Å². The molecule has 0 aliphatic carbocycles. The maximum atomic E-state index is 12.0. The van der Waals surface area contributed by atoms with Crippen LogP contribution in [0.5, 0.6) is 0 Å². The Labute approximate surface area is 135 Å². The number of piperidine rings is 3. The first-order valence-electron chi connectivity index (χ1n) is 8.64. The molecule has 2 atom stereocenters. The Kier molecular flexibility index (Phi) is 5.72. The Hall–Kier alpha value is -0.810. The molecule has 3 fully saturated rings. The zero-order valence-electron chi connectivity index (χ0n) is 14.9. The fourth-order valence-electron chi connectivity index (χ4n) is 3.50. The van der Waals surface area contributed by atoms with Crippen LogP contribution in [0.15, 0.2) is 0 Å². The largest absolute Gasteiger partial charge is 0.444 e. The Bertz CT molecular complexity index is 373. The van der Waals surface area contributed by atoms with Gasteiger partial charge in [-0.1, -0.05) is 6.92 Å². The third-order valence-electron chi connectivity index (χ3n) is 4.68. The number of fused-ring (bicyclic) bond motifs is 3. The van der Waals surface area contributed by atoms with E-state index in [1.54, 1.807) is 4.90 Å². The summed E-state index contributed by atoms with van der Waals surface area (Å²) in [6.07, 6.45) is 2.44. The number of hydrogen-bond acceptors (Lipinski definition) is 4. The summed E-state index contributed by atoms with van der Waals surface area (Å²) in [5, 5.41) is 3.72. The lowest BCUT2D eigenvalue weighted by Gasteiger charge is -2.45. The van der Waals surface area contributed by atoms with Crippen LogP contribution in [-0.4, -0.2) is 67.3 Å². The molecule has 0 radical (unpaired) electrons. The van der Waals surface area contributed by atoms with Crippen molar-refractivity contribution in [3.8, 4) is 0 Å². The molecule has 22 heavy (non-hydrogen) atoms. The number of nitrogens with zero attached hydrogens (tertiary/aromatic N) is 2. The van der Waals surface area contributed by atoms with E-state index in [9.17, 15) is 4.79 Å². The number of hydrogen-bond donors (Lipinski definition) is 1. The number of carbonyl (C=O) groups excluding carboxylic acids is 1.